The van der Waals surface area contributed by atoms with Gasteiger partial charge in [0.2, 0.25) is 18.6 Å². The van der Waals surface area contributed by atoms with Gasteiger partial charge >= 0.3 is 5.97 Å². The first-order chi connectivity index (χ1) is 21.0. The number of aryl methyl sites for hydroxylation is 1. The van der Waals surface area contributed by atoms with Crippen LogP contribution in [0.4, 0.5) is 5.69 Å². The Morgan fingerprint density at radius 1 is 1.23 bits per heavy atom. The van der Waals surface area contributed by atoms with Crippen LogP contribution in [0.2, 0.25) is 0 Å². The number of carbonyl (C=O) groups excluding carboxylic acids is 2. The van der Waals surface area contributed by atoms with Crippen LogP contribution in [0.25, 0.3) is 0 Å². The molecule has 4 heterocycles. The van der Waals surface area contributed by atoms with Gasteiger partial charge in [-0.3, -0.25) is 19.3 Å². The van der Waals surface area contributed by atoms with Gasteiger partial charge in [0.1, 0.15) is 12.7 Å². The van der Waals surface area contributed by atoms with Crippen LogP contribution in [0.1, 0.15) is 63.5 Å². The van der Waals surface area contributed by atoms with E-state index in [0.717, 1.165) is 24.1 Å². The van der Waals surface area contributed by atoms with Crippen LogP contribution in [0.5, 0.6) is 11.5 Å². The van der Waals surface area contributed by atoms with E-state index in [1.807, 2.05) is 45.9 Å². The third-order valence-corrected chi connectivity index (χ3v) is 9.11. The molecule has 3 aliphatic rings. The topological polar surface area (TPSA) is 124 Å². The molecule has 0 bridgehead atoms. The summed E-state index contributed by atoms with van der Waals surface area (Å²) in [6.45, 7) is 7.95. The second-order valence-corrected chi connectivity index (χ2v) is 13.1. The summed E-state index contributed by atoms with van der Waals surface area (Å²) in [4.78, 5) is 45.4. The Morgan fingerprint density at radius 3 is 2.68 bits per heavy atom. The molecule has 0 radical (unpaired) electrons. The van der Waals surface area contributed by atoms with E-state index in [0.29, 0.717) is 56.1 Å². The maximum absolute atomic E-state index is 14.0. The van der Waals surface area contributed by atoms with E-state index in [1.54, 1.807) is 17.0 Å². The average molecular weight is 610 g/mol. The molecule has 2 amide bonds. The van der Waals surface area contributed by atoms with E-state index in [4.69, 9.17) is 9.47 Å². The van der Waals surface area contributed by atoms with Gasteiger partial charge in [-0.05, 0) is 42.0 Å². The number of ether oxygens (including phenoxy) is 2. The summed E-state index contributed by atoms with van der Waals surface area (Å²) in [6.07, 6.45) is 6.49. The molecule has 1 aromatic heterocycles. The van der Waals surface area contributed by atoms with Crippen molar-refractivity contribution >= 4 is 23.5 Å². The SMILES string of the molecule is CCCCN(C(=O)CN1C[C@H](c2cc(CO)c3c(c2)OCO3)[C@@H](C(=O)O)[C@@H]1CCN1CC(C)(C)CC1=O)c1ccc[n+](C)c1. The number of hydrogen-bond donors (Lipinski definition) is 2. The molecule has 0 spiro atoms. The molecule has 2 fully saturated rings. The number of fused-ring (bicyclic) bond motifs is 1. The van der Waals surface area contributed by atoms with Crippen LogP contribution in [-0.2, 0) is 28.0 Å². The number of likely N-dealkylation sites (tertiary alicyclic amines) is 2. The van der Waals surface area contributed by atoms with Crippen LogP contribution in [-0.4, -0.2) is 83.4 Å². The number of pyridine rings is 1. The number of anilines is 1. The molecule has 238 valence electrons. The minimum absolute atomic E-state index is 0.0348. The van der Waals surface area contributed by atoms with Gasteiger partial charge in [0, 0.05) is 56.2 Å². The van der Waals surface area contributed by atoms with Gasteiger partial charge in [-0.1, -0.05) is 27.2 Å². The predicted octanol–water partition coefficient (Wildman–Crippen LogP) is 2.68. The summed E-state index contributed by atoms with van der Waals surface area (Å²) >= 11 is 0. The van der Waals surface area contributed by atoms with Gasteiger partial charge in [-0.15, -0.1) is 0 Å². The number of hydrogen-bond acceptors (Lipinski definition) is 7. The Balaban J connectivity index is 1.46. The smallest absolute Gasteiger partial charge is 0.308 e. The minimum atomic E-state index is -0.954. The van der Waals surface area contributed by atoms with Crippen LogP contribution in [0, 0.1) is 11.3 Å². The van der Waals surface area contributed by atoms with Crippen molar-refractivity contribution in [2.24, 2.45) is 18.4 Å². The number of aliphatic hydroxyl groups is 1. The number of unbranched alkanes of at least 4 members (excludes halogenated alkanes) is 1. The van der Waals surface area contributed by atoms with E-state index in [1.165, 1.54) is 0 Å². The van der Waals surface area contributed by atoms with Gasteiger partial charge in [0.15, 0.2) is 23.9 Å². The standard InChI is InChI=1S/C33H44N4O7/c1-5-6-11-37(24-8-7-10-34(4)16-24)29(40)18-36-17-25(22-13-23(19-38)31-27(14-22)43-21-44-31)30(32(41)42)26(36)9-12-35-20-33(2,3)15-28(35)39/h7-8,10,13-14,16,25-26,30,38H,5-6,9,11-12,15,17-21H2,1-4H3/p+1/t25-,26+,30-/m1/s1. The molecule has 0 aliphatic carbocycles. The molecule has 1 aromatic carbocycles. The van der Waals surface area contributed by atoms with Crippen molar-refractivity contribution in [2.45, 2.75) is 65.0 Å². The Hall–Kier alpha value is -3.70. The highest BCUT2D eigenvalue weighted by molar-refractivity contribution is 5.94. The number of nitrogens with zero attached hydrogens (tertiary/aromatic N) is 4. The number of aromatic nitrogens is 1. The van der Waals surface area contributed by atoms with E-state index < -0.39 is 23.8 Å². The second-order valence-electron chi connectivity index (χ2n) is 13.1. The zero-order chi connectivity index (χ0) is 31.6. The molecule has 2 N–H and O–H groups in total. The number of aliphatic hydroxyl groups excluding tert-OH is 1. The van der Waals surface area contributed by atoms with Crippen LogP contribution >= 0.6 is 0 Å². The Labute approximate surface area is 259 Å². The lowest BCUT2D eigenvalue weighted by Crippen LogP contribution is -2.46. The molecule has 11 nitrogen and oxygen atoms in total. The highest BCUT2D eigenvalue weighted by Crippen LogP contribution is 2.45. The Kier molecular flexibility index (Phi) is 9.45. The summed E-state index contributed by atoms with van der Waals surface area (Å²) in [7, 11) is 1.91. The van der Waals surface area contributed by atoms with Crippen molar-refractivity contribution in [1.29, 1.82) is 0 Å². The normalized spacial score (nSPS) is 22.5. The van der Waals surface area contributed by atoms with Gasteiger partial charge in [-0.25, -0.2) is 4.57 Å². The van der Waals surface area contributed by atoms with Crippen molar-refractivity contribution in [3.05, 3.63) is 47.8 Å². The first-order valence-electron chi connectivity index (χ1n) is 15.5. The largest absolute Gasteiger partial charge is 0.481 e. The highest BCUT2D eigenvalue weighted by atomic mass is 16.7. The first-order valence-corrected chi connectivity index (χ1v) is 15.5. The number of carboxylic acids is 1. The lowest BCUT2D eigenvalue weighted by atomic mass is 9.83. The quantitative estimate of drug-likeness (QED) is 0.352. The molecule has 3 atom stereocenters. The van der Waals surface area contributed by atoms with Gasteiger partial charge in [-0.2, -0.15) is 0 Å². The predicted molar refractivity (Wildman–Crippen MR) is 162 cm³/mol. The molecule has 5 rings (SSSR count). The van der Waals surface area contributed by atoms with Gasteiger partial charge in [0.25, 0.3) is 0 Å². The summed E-state index contributed by atoms with van der Waals surface area (Å²) in [5.41, 5.74) is 1.93. The summed E-state index contributed by atoms with van der Waals surface area (Å²) in [6, 6.07) is 6.93. The number of carboxylic acid groups (broad SMARTS) is 1. The second kappa shape index (κ2) is 13.1. The first kappa shape index (κ1) is 31.7. The molecule has 2 saturated heterocycles. The third-order valence-electron chi connectivity index (χ3n) is 9.11. The lowest BCUT2D eigenvalue weighted by molar-refractivity contribution is -0.670. The van der Waals surface area contributed by atoms with E-state index in [-0.39, 0.29) is 37.2 Å². The van der Waals surface area contributed by atoms with Crippen molar-refractivity contribution in [3.8, 4) is 11.5 Å². The third kappa shape index (κ3) is 6.68. The summed E-state index contributed by atoms with van der Waals surface area (Å²) in [5.74, 6) is -1.32. The molecular formula is C33H45N4O7+. The van der Waals surface area contributed by atoms with Gasteiger partial charge < -0.3 is 29.5 Å². The number of aliphatic carboxylic acids is 1. The van der Waals surface area contributed by atoms with Crippen LogP contribution < -0.4 is 18.9 Å². The monoisotopic (exact) mass is 609 g/mol. The van der Waals surface area contributed by atoms with Gasteiger partial charge in [0.05, 0.1) is 19.1 Å². The van der Waals surface area contributed by atoms with E-state index in [2.05, 4.69) is 20.8 Å². The molecule has 44 heavy (non-hydrogen) atoms. The van der Waals surface area contributed by atoms with E-state index >= 15 is 0 Å². The molecule has 11 heteroatoms. The highest BCUT2D eigenvalue weighted by Gasteiger charge is 2.48. The van der Waals surface area contributed by atoms with Crippen molar-refractivity contribution in [2.75, 3.05) is 44.4 Å². The number of benzene rings is 1. The van der Waals surface area contributed by atoms with E-state index in [9.17, 15) is 24.6 Å². The Bertz CT molecular complexity index is 1400. The molecular weight excluding hydrogens is 564 g/mol. The van der Waals surface area contributed by atoms with Crippen molar-refractivity contribution in [1.82, 2.24) is 9.80 Å². The average Bonchev–Trinajstić information content (AvgIpc) is 3.66. The van der Waals surface area contributed by atoms with Crippen molar-refractivity contribution in [3.63, 3.8) is 0 Å². The number of rotatable bonds is 12. The van der Waals surface area contributed by atoms with Crippen LogP contribution in [0.15, 0.2) is 36.7 Å². The van der Waals surface area contributed by atoms with Crippen molar-refractivity contribution < 1.29 is 38.6 Å². The number of carbonyl (C=O) groups is 3. The Morgan fingerprint density at radius 2 is 2.02 bits per heavy atom. The van der Waals surface area contributed by atoms with Crippen LogP contribution in [0.3, 0.4) is 0 Å². The zero-order valence-electron chi connectivity index (χ0n) is 26.2. The molecule has 3 aliphatic heterocycles. The fourth-order valence-electron chi connectivity index (χ4n) is 7.01. The minimum Gasteiger partial charge on any atom is -0.481 e. The number of amides is 2. The maximum Gasteiger partial charge on any atom is 0.308 e. The fraction of sp³-hybridized carbons (Fsp3) is 0.576. The summed E-state index contributed by atoms with van der Waals surface area (Å²) < 4.78 is 13.1. The fourth-order valence-corrected chi connectivity index (χ4v) is 7.01. The zero-order valence-corrected chi connectivity index (χ0v) is 26.2. The molecule has 2 aromatic rings. The lowest BCUT2D eigenvalue weighted by Gasteiger charge is -2.30. The molecule has 0 unspecified atom stereocenters. The molecule has 0 saturated carbocycles. The summed E-state index contributed by atoms with van der Waals surface area (Å²) in [5, 5.41) is 20.7. The maximum atomic E-state index is 14.0.